The van der Waals surface area contributed by atoms with E-state index in [1.807, 2.05) is 12.1 Å². The van der Waals surface area contributed by atoms with Gasteiger partial charge in [0.2, 0.25) is 5.91 Å². The number of aromatic amines is 1. The van der Waals surface area contributed by atoms with E-state index < -0.39 is 0 Å². The maximum Gasteiger partial charge on any atom is 0.228 e. The van der Waals surface area contributed by atoms with Gasteiger partial charge in [0.1, 0.15) is 5.82 Å². The van der Waals surface area contributed by atoms with E-state index >= 15 is 0 Å². The fourth-order valence-electron chi connectivity index (χ4n) is 3.11. The summed E-state index contributed by atoms with van der Waals surface area (Å²) in [4.78, 5) is 19.9. The van der Waals surface area contributed by atoms with Crippen LogP contribution in [0.1, 0.15) is 37.2 Å². The third-order valence-corrected chi connectivity index (χ3v) is 4.53. The normalized spacial score (nSPS) is 19.8. The third-order valence-electron chi connectivity index (χ3n) is 4.53. The first-order chi connectivity index (χ1) is 10.3. The zero-order valence-corrected chi connectivity index (χ0v) is 12.0. The topological polar surface area (TPSA) is 69.8 Å². The standard InChI is InChI=1S/C16H20N4O/c21-16(11-1-2-11)20-14-4-3-13-15(19-14)12(9-18-13)10-5-7-17-8-6-10/h3-4,9-11,17-18H,1-2,5-8H2,(H,19,20,21). The summed E-state index contributed by atoms with van der Waals surface area (Å²) in [6, 6.07) is 3.89. The summed E-state index contributed by atoms with van der Waals surface area (Å²) in [6.45, 7) is 2.13. The zero-order chi connectivity index (χ0) is 14.2. The van der Waals surface area contributed by atoms with Crippen LogP contribution in [0.15, 0.2) is 18.3 Å². The average Bonchev–Trinajstić information content (AvgIpc) is 3.29. The van der Waals surface area contributed by atoms with E-state index in [9.17, 15) is 4.79 Å². The summed E-state index contributed by atoms with van der Waals surface area (Å²) in [5, 5.41) is 6.33. The van der Waals surface area contributed by atoms with Crippen molar-refractivity contribution in [3.8, 4) is 0 Å². The molecule has 0 radical (unpaired) electrons. The van der Waals surface area contributed by atoms with Gasteiger partial charge in [-0.2, -0.15) is 0 Å². The minimum atomic E-state index is 0.112. The van der Waals surface area contributed by atoms with Crippen molar-refractivity contribution >= 4 is 22.8 Å². The largest absolute Gasteiger partial charge is 0.360 e. The number of hydrogen-bond acceptors (Lipinski definition) is 3. The fraction of sp³-hybridized carbons (Fsp3) is 0.500. The first-order valence-corrected chi connectivity index (χ1v) is 7.81. The number of nitrogens with zero attached hydrogens (tertiary/aromatic N) is 1. The second-order valence-electron chi connectivity index (χ2n) is 6.12. The number of hydrogen-bond donors (Lipinski definition) is 3. The molecule has 2 aromatic heterocycles. The first kappa shape index (κ1) is 12.8. The molecule has 0 bridgehead atoms. The van der Waals surface area contributed by atoms with Gasteiger partial charge >= 0.3 is 0 Å². The van der Waals surface area contributed by atoms with E-state index in [2.05, 4.69) is 26.8 Å². The highest BCUT2D eigenvalue weighted by molar-refractivity contribution is 5.94. The number of carbonyl (C=O) groups is 1. The summed E-state index contributed by atoms with van der Waals surface area (Å²) in [5.74, 6) is 1.55. The van der Waals surface area contributed by atoms with E-state index in [-0.39, 0.29) is 11.8 Å². The molecule has 2 aromatic rings. The van der Waals surface area contributed by atoms with Crippen molar-refractivity contribution in [2.75, 3.05) is 18.4 Å². The van der Waals surface area contributed by atoms with Crippen molar-refractivity contribution in [2.45, 2.75) is 31.6 Å². The lowest BCUT2D eigenvalue weighted by Crippen LogP contribution is -2.26. The number of H-pyrrole nitrogens is 1. The highest BCUT2D eigenvalue weighted by Gasteiger charge is 2.30. The third kappa shape index (κ3) is 2.53. The Balaban J connectivity index is 1.63. The van der Waals surface area contributed by atoms with Crippen LogP contribution < -0.4 is 10.6 Å². The molecule has 4 rings (SSSR count). The van der Waals surface area contributed by atoms with E-state index in [0.717, 1.165) is 49.8 Å². The number of amides is 1. The maximum absolute atomic E-state index is 11.9. The van der Waals surface area contributed by atoms with E-state index in [1.165, 1.54) is 5.56 Å². The molecule has 21 heavy (non-hydrogen) atoms. The van der Waals surface area contributed by atoms with Crippen molar-refractivity contribution in [1.29, 1.82) is 0 Å². The minimum absolute atomic E-state index is 0.112. The number of anilines is 1. The molecule has 0 unspecified atom stereocenters. The molecule has 0 aromatic carbocycles. The van der Waals surface area contributed by atoms with Crippen LogP contribution in [0.4, 0.5) is 5.82 Å². The quantitative estimate of drug-likeness (QED) is 0.810. The zero-order valence-electron chi connectivity index (χ0n) is 12.0. The van der Waals surface area contributed by atoms with Gasteiger partial charge in [-0.05, 0) is 62.4 Å². The van der Waals surface area contributed by atoms with Gasteiger partial charge in [0.25, 0.3) is 0 Å². The molecule has 3 N–H and O–H groups in total. The van der Waals surface area contributed by atoms with Crippen LogP contribution in [-0.2, 0) is 4.79 Å². The molecular weight excluding hydrogens is 264 g/mol. The Kier molecular flexibility index (Phi) is 3.15. The Bertz CT molecular complexity index is 668. The molecule has 1 saturated carbocycles. The molecule has 1 aliphatic carbocycles. The van der Waals surface area contributed by atoms with Crippen LogP contribution in [0.3, 0.4) is 0 Å². The Labute approximate surface area is 123 Å². The van der Waals surface area contributed by atoms with Gasteiger partial charge in [0, 0.05) is 12.1 Å². The highest BCUT2D eigenvalue weighted by Crippen LogP contribution is 2.32. The van der Waals surface area contributed by atoms with Crippen LogP contribution in [0.5, 0.6) is 0 Å². The number of aromatic nitrogens is 2. The van der Waals surface area contributed by atoms with Crippen molar-refractivity contribution < 1.29 is 4.79 Å². The summed E-state index contributed by atoms with van der Waals surface area (Å²) in [5.41, 5.74) is 3.34. The number of nitrogens with one attached hydrogen (secondary N) is 3. The number of carbonyl (C=O) groups excluding carboxylic acids is 1. The van der Waals surface area contributed by atoms with E-state index in [0.29, 0.717) is 11.7 Å². The molecule has 0 atom stereocenters. The predicted octanol–water partition coefficient (Wildman–Crippen LogP) is 2.38. The van der Waals surface area contributed by atoms with Gasteiger partial charge in [0.05, 0.1) is 11.0 Å². The summed E-state index contributed by atoms with van der Waals surface area (Å²) in [7, 11) is 0. The summed E-state index contributed by atoms with van der Waals surface area (Å²) in [6.07, 6.45) is 6.40. The Hall–Kier alpha value is -1.88. The smallest absolute Gasteiger partial charge is 0.228 e. The van der Waals surface area contributed by atoms with E-state index in [4.69, 9.17) is 0 Å². The Morgan fingerprint density at radius 1 is 1.19 bits per heavy atom. The number of fused-ring (bicyclic) bond motifs is 1. The highest BCUT2D eigenvalue weighted by atomic mass is 16.2. The second kappa shape index (κ2) is 5.15. The minimum Gasteiger partial charge on any atom is -0.360 e. The molecule has 5 heteroatoms. The summed E-state index contributed by atoms with van der Waals surface area (Å²) >= 11 is 0. The molecule has 1 aliphatic heterocycles. The molecule has 3 heterocycles. The van der Waals surface area contributed by atoms with Crippen LogP contribution in [0, 0.1) is 5.92 Å². The summed E-state index contributed by atoms with van der Waals surface area (Å²) < 4.78 is 0. The van der Waals surface area contributed by atoms with Gasteiger partial charge in [-0.25, -0.2) is 4.98 Å². The number of rotatable bonds is 3. The molecule has 1 amide bonds. The lowest BCUT2D eigenvalue weighted by Gasteiger charge is -2.21. The predicted molar refractivity (Wildman–Crippen MR) is 82.3 cm³/mol. The van der Waals surface area contributed by atoms with Gasteiger partial charge in [-0.15, -0.1) is 0 Å². The molecule has 110 valence electrons. The molecule has 1 saturated heterocycles. The SMILES string of the molecule is O=C(Nc1ccc2[nH]cc(C3CCNCC3)c2n1)C1CC1. The molecule has 2 fully saturated rings. The molecule has 5 nitrogen and oxygen atoms in total. The van der Waals surface area contributed by atoms with Crippen LogP contribution >= 0.6 is 0 Å². The van der Waals surface area contributed by atoms with Crippen molar-refractivity contribution in [2.24, 2.45) is 5.92 Å². The molecule has 2 aliphatic rings. The Morgan fingerprint density at radius 2 is 2.00 bits per heavy atom. The first-order valence-electron chi connectivity index (χ1n) is 7.81. The van der Waals surface area contributed by atoms with Gasteiger partial charge < -0.3 is 15.6 Å². The maximum atomic E-state index is 11.9. The molecule has 0 spiro atoms. The van der Waals surface area contributed by atoms with Crippen LogP contribution in [0.25, 0.3) is 11.0 Å². The lowest BCUT2D eigenvalue weighted by atomic mass is 9.91. The average molecular weight is 284 g/mol. The lowest BCUT2D eigenvalue weighted by molar-refractivity contribution is -0.117. The monoisotopic (exact) mass is 284 g/mol. The molecular formula is C16H20N4O. The van der Waals surface area contributed by atoms with Crippen LogP contribution in [0.2, 0.25) is 0 Å². The van der Waals surface area contributed by atoms with Crippen molar-refractivity contribution in [3.63, 3.8) is 0 Å². The van der Waals surface area contributed by atoms with Gasteiger partial charge in [-0.1, -0.05) is 0 Å². The van der Waals surface area contributed by atoms with E-state index in [1.54, 1.807) is 0 Å². The van der Waals surface area contributed by atoms with Crippen molar-refractivity contribution in [1.82, 2.24) is 15.3 Å². The van der Waals surface area contributed by atoms with Gasteiger partial charge in [-0.3, -0.25) is 4.79 Å². The van der Waals surface area contributed by atoms with Crippen LogP contribution in [-0.4, -0.2) is 29.0 Å². The Morgan fingerprint density at radius 3 is 2.76 bits per heavy atom. The number of piperidine rings is 1. The van der Waals surface area contributed by atoms with Gasteiger partial charge in [0.15, 0.2) is 0 Å². The second-order valence-corrected chi connectivity index (χ2v) is 6.12. The van der Waals surface area contributed by atoms with Crippen molar-refractivity contribution in [3.05, 3.63) is 23.9 Å². The number of pyridine rings is 1. The fourth-order valence-corrected chi connectivity index (χ4v) is 3.11.